The molecule has 0 aromatic rings. The van der Waals surface area contributed by atoms with Crippen molar-refractivity contribution in [2.24, 2.45) is 0 Å². The number of hydrogen-bond donors (Lipinski definition) is 2. The standard InChI is InChI=1S/C7H14N2O2S/c1-2-3-6-8-12(10,11)9-7-4-5-7/h2,7-9H,1,3-6H2. The molecule has 0 aliphatic heterocycles. The van der Waals surface area contributed by atoms with Gasteiger partial charge in [-0.2, -0.15) is 13.1 Å². The van der Waals surface area contributed by atoms with Crippen LogP contribution in [0.25, 0.3) is 0 Å². The first-order valence-electron chi connectivity index (χ1n) is 4.02. The zero-order valence-corrected chi connectivity index (χ0v) is 7.73. The first-order chi connectivity index (χ1) is 5.64. The van der Waals surface area contributed by atoms with Gasteiger partial charge in [-0.25, -0.2) is 4.72 Å². The van der Waals surface area contributed by atoms with E-state index in [1.165, 1.54) is 0 Å². The molecule has 0 unspecified atom stereocenters. The van der Waals surface area contributed by atoms with Crippen LogP contribution in [0, 0.1) is 0 Å². The molecule has 0 bridgehead atoms. The number of nitrogens with one attached hydrogen (secondary N) is 2. The zero-order valence-electron chi connectivity index (χ0n) is 6.91. The number of rotatable bonds is 6. The SMILES string of the molecule is C=CCCNS(=O)(=O)NC1CC1. The lowest BCUT2D eigenvalue weighted by molar-refractivity contribution is 0.566. The summed E-state index contributed by atoms with van der Waals surface area (Å²) in [5.74, 6) is 0. The van der Waals surface area contributed by atoms with E-state index in [1.807, 2.05) is 0 Å². The molecular weight excluding hydrogens is 176 g/mol. The van der Waals surface area contributed by atoms with Crippen molar-refractivity contribution in [3.05, 3.63) is 12.7 Å². The molecule has 1 fully saturated rings. The molecule has 1 aliphatic rings. The van der Waals surface area contributed by atoms with E-state index in [2.05, 4.69) is 16.0 Å². The molecule has 2 N–H and O–H groups in total. The average molecular weight is 190 g/mol. The Morgan fingerprint density at radius 2 is 2.17 bits per heavy atom. The highest BCUT2D eigenvalue weighted by Crippen LogP contribution is 2.19. The van der Waals surface area contributed by atoms with Crippen LogP contribution in [0.4, 0.5) is 0 Å². The predicted octanol–water partition coefficient (Wildman–Crippen LogP) is 0.149. The van der Waals surface area contributed by atoms with E-state index < -0.39 is 10.2 Å². The summed E-state index contributed by atoms with van der Waals surface area (Å²) in [5.41, 5.74) is 0. The monoisotopic (exact) mass is 190 g/mol. The van der Waals surface area contributed by atoms with Gasteiger partial charge in [-0.15, -0.1) is 6.58 Å². The molecule has 1 rings (SSSR count). The highest BCUT2D eigenvalue weighted by atomic mass is 32.2. The van der Waals surface area contributed by atoms with Gasteiger partial charge in [0.25, 0.3) is 10.2 Å². The van der Waals surface area contributed by atoms with Crippen molar-refractivity contribution < 1.29 is 8.42 Å². The molecule has 0 amide bonds. The normalized spacial score (nSPS) is 17.7. The molecule has 0 aromatic heterocycles. The summed E-state index contributed by atoms with van der Waals surface area (Å²) in [5, 5.41) is 0. The van der Waals surface area contributed by atoms with Gasteiger partial charge in [-0.1, -0.05) is 6.08 Å². The van der Waals surface area contributed by atoms with Gasteiger partial charge in [0.1, 0.15) is 0 Å². The summed E-state index contributed by atoms with van der Waals surface area (Å²) >= 11 is 0. The van der Waals surface area contributed by atoms with E-state index in [-0.39, 0.29) is 6.04 Å². The van der Waals surface area contributed by atoms with Gasteiger partial charge >= 0.3 is 0 Å². The fourth-order valence-corrected chi connectivity index (χ4v) is 1.90. The molecule has 0 atom stereocenters. The quantitative estimate of drug-likeness (QED) is 0.462. The molecule has 70 valence electrons. The maximum atomic E-state index is 11.1. The minimum absolute atomic E-state index is 0.172. The number of hydrogen-bond acceptors (Lipinski definition) is 2. The molecule has 0 aromatic carbocycles. The highest BCUT2D eigenvalue weighted by Gasteiger charge is 2.26. The summed E-state index contributed by atoms with van der Waals surface area (Å²) < 4.78 is 27.1. The lowest BCUT2D eigenvalue weighted by atomic mass is 10.4. The Morgan fingerprint density at radius 3 is 2.67 bits per heavy atom. The van der Waals surface area contributed by atoms with Crippen molar-refractivity contribution >= 4 is 10.2 Å². The Balaban J connectivity index is 2.22. The average Bonchev–Trinajstić information content (AvgIpc) is 2.71. The lowest BCUT2D eigenvalue weighted by Gasteiger charge is -2.04. The summed E-state index contributed by atoms with van der Waals surface area (Å²) in [6.45, 7) is 3.92. The van der Waals surface area contributed by atoms with Crippen molar-refractivity contribution in [2.45, 2.75) is 25.3 Å². The van der Waals surface area contributed by atoms with Crippen LogP contribution >= 0.6 is 0 Å². The molecule has 4 nitrogen and oxygen atoms in total. The summed E-state index contributed by atoms with van der Waals surface area (Å²) in [4.78, 5) is 0. The first-order valence-corrected chi connectivity index (χ1v) is 5.50. The van der Waals surface area contributed by atoms with Gasteiger partial charge in [0.05, 0.1) is 0 Å². The Hall–Kier alpha value is -0.390. The Morgan fingerprint density at radius 1 is 1.50 bits per heavy atom. The van der Waals surface area contributed by atoms with Gasteiger partial charge in [0.2, 0.25) is 0 Å². The Labute approximate surface area is 73.2 Å². The zero-order chi connectivity index (χ0) is 9.03. The Bertz CT molecular complexity index is 244. The van der Waals surface area contributed by atoms with Crippen molar-refractivity contribution in [3.63, 3.8) is 0 Å². The van der Waals surface area contributed by atoms with Gasteiger partial charge in [-0.3, -0.25) is 0 Å². The van der Waals surface area contributed by atoms with E-state index in [4.69, 9.17) is 0 Å². The minimum atomic E-state index is -3.24. The fraction of sp³-hybridized carbons (Fsp3) is 0.714. The van der Waals surface area contributed by atoms with Gasteiger partial charge < -0.3 is 0 Å². The second kappa shape index (κ2) is 4.02. The summed E-state index contributed by atoms with van der Waals surface area (Å²) in [6, 6.07) is 0.172. The third-order valence-electron chi connectivity index (χ3n) is 1.54. The van der Waals surface area contributed by atoms with E-state index in [1.54, 1.807) is 6.08 Å². The van der Waals surface area contributed by atoms with Crippen molar-refractivity contribution in [2.75, 3.05) is 6.54 Å². The van der Waals surface area contributed by atoms with E-state index >= 15 is 0 Å². The maximum absolute atomic E-state index is 11.1. The van der Waals surface area contributed by atoms with Crippen LogP contribution in [0.1, 0.15) is 19.3 Å². The second-order valence-corrected chi connectivity index (χ2v) is 4.40. The Kier molecular flexibility index (Phi) is 3.25. The van der Waals surface area contributed by atoms with Crippen LogP contribution in [0.2, 0.25) is 0 Å². The first kappa shape index (κ1) is 9.70. The molecule has 0 saturated heterocycles. The summed E-state index contributed by atoms with van der Waals surface area (Å²) in [6.07, 6.45) is 4.26. The van der Waals surface area contributed by atoms with Crippen LogP contribution < -0.4 is 9.44 Å². The third-order valence-corrected chi connectivity index (χ3v) is 2.77. The van der Waals surface area contributed by atoms with E-state index in [0.717, 1.165) is 12.8 Å². The molecule has 0 radical (unpaired) electrons. The van der Waals surface area contributed by atoms with Crippen LogP contribution in [-0.4, -0.2) is 21.0 Å². The minimum Gasteiger partial charge on any atom is -0.202 e. The van der Waals surface area contributed by atoms with Crippen molar-refractivity contribution in [3.8, 4) is 0 Å². The van der Waals surface area contributed by atoms with Gasteiger partial charge in [-0.05, 0) is 19.3 Å². The van der Waals surface area contributed by atoms with E-state index in [9.17, 15) is 8.42 Å². The van der Waals surface area contributed by atoms with Crippen LogP contribution in [-0.2, 0) is 10.2 Å². The fourth-order valence-electron chi connectivity index (χ4n) is 0.758. The van der Waals surface area contributed by atoms with Crippen LogP contribution in [0.5, 0.6) is 0 Å². The van der Waals surface area contributed by atoms with Crippen molar-refractivity contribution in [1.82, 2.24) is 9.44 Å². The third kappa shape index (κ3) is 3.85. The topological polar surface area (TPSA) is 58.2 Å². The molecular formula is C7H14N2O2S. The smallest absolute Gasteiger partial charge is 0.202 e. The van der Waals surface area contributed by atoms with Crippen molar-refractivity contribution in [1.29, 1.82) is 0 Å². The predicted molar refractivity (Wildman–Crippen MR) is 47.9 cm³/mol. The molecule has 1 aliphatic carbocycles. The molecule has 1 saturated carbocycles. The van der Waals surface area contributed by atoms with Crippen LogP contribution in [0.15, 0.2) is 12.7 Å². The lowest BCUT2D eigenvalue weighted by Crippen LogP contribution is -2.38. The molecule has 12 heavy (non-hydrogen) atoms. The summed E-state index contributed by atoms with van der Waals surface area (Å²) in [7, 11) is -3.24. The molecule has 0 spiro atoms. The van der Waals surface area contributed by atoms with E-state index in [0.29, 0.717) is 13.0 Å². The maximum Gasteiger partial charge on any atom is 0.277 e. The second-order valence-electron chi connectivity index (χ2n) is 2.87. The molecule has 5 heteroatoms. The largest absolute Gasteiger partial charge is 0.277 e. The van der Waals surface area contributed by atoms with Gasteiger partial charge in [0, 0.05) is 12.6 Å². The molecule has 0 heterocycles. The highest BCUT2D eigenvalue weighted by molar-refractivity contribution is 7.87. The van der Waals surface area contributed by atoms with Gasteiger partial charge in [0.15, 0.2) is 0 Å². The van der Waals surface area contributed by atoms with Crippen LogP contribution in [0.3, 0.4) is 0 Å².